The number of allylic oxidation sites excluding steroid dienone is 4. The molecule has 3 N–H and O–H groups in total. The SMILES string of the molecule is COCCN1/C(=C/C=C/C2=[N+](CCCCCC(=O)O)c3ccc(S(=O)(=O)O)cc3C2(C)CCOC)C(C)(CCOC)c2cc(S(=O)(=O)O)ccc21. The minimum atomic E-state index is -4.49. The normalized spacial score (nSPS) is 21.2. The van der Waals surface area contributed by atoms with Crippen LogP contribution < -0.4 is 4.90 Å². The first-order valence-corrected chi connectivity index (χ1v) is 19.6. The molecular weight excluding hydrogens is 701 g/mol. The smallest absolute Gasteiger partial charge is 0.303 e. The molecular formula is C36H49N2O11S2+. The fourth-order valence-electron chi connectivity index (χ4n) is 7.14. The molecule has 2 aliphatic heterocycles. The van der Waals surface area contributed by atoms with Gasteiger partial charge in [-0.2, -0.15) is 21.4 Å². The maximum absolute atomic E-state index is 12.2. The van der Waals surface area contributed by atoms with Gasteiger partial charge in [0.15, 0.2) is 5.71 Å². The molecule has 0 fully saturated rings. The number of hydrogen-bond donors (Lipinski definition) is 3. The van der Waals surface area contributed by atoms with E-state index >= 15 is 0 Å². The van der Waals surface area contributed by atoms with Crippen molar-refractivity contribution in [1.82, 2.24) is 0 Å². The van der Waals surface area contributed by atoms with E-state index in [1.165, 1.54) is 24.3 Å². The fourth-order valence-corrected chi connectivity index (χ4v) is 8.15. The van der Waals surface area contributed by atoms with Crippen LogP contribution in [0.3, 0.4) is 0 Å². The third-order valence-electron chi connectivity index (χ3n) is 9.93. The Morgan fingerprint density at radius 1 is 0.824 bits per heavy atom. The summed E-state index contributed by atoms with van der Waals surface area (Å²) in [5.74, 6) is -0.852. The number of rotatable bonds is 19. The molecule has 51 heavy (non-hydrogen) atoms. The molecule has 0 spiro atoms. The largest absolute Gasteiger partial charge is 0.481 e. The molecule has 280 valence electrons. The first kappa shape index (κ1) is 40.3. The number of fused-ring (bicyclic) bond motifs is 2. The Morgan fingerprint density at radius 2 is 1.41 bits per heavy atom. The van der Waals surface area contributed by atoms with E-state index in [-0.39, 0.29) is 16.2 Å². The number of carboxylic acids is 1. The molecule has 0 aliphatic carbocycles. The van der Waals surface area contributed by atoms with E-state index in [4.69, 9.17) is 19.3 Å². The topological polar surface area (TPSA) is 180 Å². The first-order chi connectivity index (χ1) is 24.0. The highest BCUT2D eigenvalue weighted by Crippen LogP contribution is 2.51. The van der Waals surface area contributed by atoms with Crippen LogP contribution in [0.5, 0.6) is 0 Å². The molecule has 2 atom stereocenters. The van der Waals surface area contributed by atoms with Gasteiger partial charge in [-0.1, -0.05) is 6.08 Å². The maximum atomic E-state index is 12.2. The van der Waals surface area contributed by atoms with Gasteiger partial charge in [0, 0.05) is 88.4 Å². The Kier molecular flexibility index (Phi) is 13.0. The lowest BCUT2D eigenvalue weighted by Crippen LogP contribution is -2.33. The molecule has 2 heterocycles. The maximum Gasteiger partial charge on any atom is 0.303 e. The molecule has 15 heteroatoms. The summed E-state index contributed by atoms with van der Waals surface area (Å²) in [6.07, 6.45) is 8.81. The number of unbranched alkanes of at least 4 members (excludes halogenated alkanes) is 2. The Balaban J connectivity index is 1.88. The van der Waals surface area contributed by atoms with Crippen LogP contribution in [0.15, 0.2) is 70.1 Å². The van der Waals surface area contributed by atoms with Gasteiger partial charge in [0.25, 0.3) is 20.2 Å². The number of carbonyl (C=O) groups is 1. The number of benzene rings is 2. The summed E-state index contributed by atoms with van der Waals surface area (Å²) >= 11 is 0. The second-order valence-electron chi connectivity index (χ2n) is 13.3. The molecule has 0 saturated carbocycles. The minimum absolute atomic E-state index is 0.0689. The van der Waals surface area contributed by atoms with E-state index < -0.39 is 37.0 Å². The average molecular weight is 750 g/mol. The molecule has 4 rings (SSSR count). The summed E-state index contributed by atoms with van der Waals surface area (Å²) in [6, 6.07) is 9.15. The van der Waals surface area contributed by atoms with Gasteiger partial charge < -0.3 is 24.2 Å². The van der Waals surface area contributed by atoms with Gasteiger partial charge in [-0.3, -0.25) is 13.9 Å². The molecule has 0 radical (unpaired) electrons. The van der Waals surface area contributed by atoms with Crippen molar-refractivity contribution in [2.75, 3.05) is 59.1 Å². The lowest BCUT2D eigenvalue weighted by molar-refractivity contribution is -0.438. The lowest BCUT2D eigenvalue weighted by atomic mass is 9.76. The van der Waals surface area contributed by atoms with Crippen molar-refractivity contribution in [3.63, 3.8) is 0 Å². The van der Waals surface area contributed by atoms with Crippen molar-refractivity contribution in [2.45, 2.75) is 73.0 Å². The Morgan fingerprint density at radius 3 is 2.00 bits per heavy atom. The van der Waals surface area contributed by atoms with Crippen LogP contribution >= 0.6 is 0 Å². The summed E-state index contributed by atoms with van der Waals surface area (Å²) in [7, 11) is -4.16. The predicted octanol–water partition coefficient (Wildman–Crippen LogP) is 5.12. The summed E-state index contributed by atoms with van der Waals surface area (Å²) < 4.78 is 87.1. The second kappa shape index (κ2) is 16.5. The van der Waals surface area contributed by atoms with Crippen molar-refractivity contribution in [3.05, 3.63) is 71.5 Å². The highest BCUT2D eigenvalue weighted by atomic mass is 32.2. The third-order valence-corrected chi connectivity index (χ3v) is 11.6. The van der Waals surface area contributed by atoms with Crippen LogP contribution in [0.25, 0.3) is 0 Å². The quantitative estimate of drug-likeness (QED) is 0.0982. The number of ether oxygens (including phenoxy) is 3. The molecule has 0 amide bonds. The zero-order valence-corrected chi connectivity index (χ0v) is 31.4. The molecule has 13 nitrogen and oxygen atoms in total. The monoisotopic (exact) mass is 749 g/mol. The van der Waals surface area contributed by atoms with Gasteiger partial charge >= 0.3 is 5.97 Å². The molecule has 2 aliphatic rings. The van der Waals surface area contributed by atoms with Gasteiger partial charge in [-0.25, -0.2) is 0 Å². The molecule has 2 aromatic carbocycles. The molecule has 0 saturated heterocycles. The van der Waals surface area contributed by atoms with Gasteiger partial charge in [0.1, 0.15) is 6.54 Å². The average Bonchev–Trinajstić information content (AvgIpc) is 3.44. The van der Waals surface area contributed by atoms with E-state index in [1.807, 2.05) is 32.1 Å². The molecule has 2 aromatic rings. The zero-order valence-electron chi connectivity index (χ0n) is 29.8. The van der Waals surface area contributed by atoms with E-state index in [9.17, 15) is 30.7 Å². The van der Waals surface area contributed by atoms with E-state index in [0.717, 1.165) is 28.3 Å². The van der Waals surface area contributed by atoms with E-state index in [0.29, 0.717) is 70.6 Å². The Hall–Kier alpha value is -3.44. The van der Waals surface area contributed by atoms with Crippen molar-refractivity contribution < 1.29 is 54.6 Å². The highest BCUT2D eigenvalue weighted by molar-refractivity contribution is 7.86. The standard InChI is InChI=1S/C36H48N2O11S2/c1-35(17-21-47-3)28-24-26(50(41,42)43)13-15-30(28)37(19-8-6-7-12-34(39)40)32(35)10-9-11-33-36(2,18-22-48-4)29-25-27(51(44,45)46)14-16-31(29)38(33)20-23-49-5/h9-11,13-16,24-25H,6-8,12,17-23H2,1-5H3,(H2-,39,40,41,42,43,44,45,46)/p+1. The summed E-state index contributed by atoms with van der Waals surface area (Å²) in [5, 5.41) is 9.12. The minimum Gasteiger partial charge on any atom is -0.481 e. The number of hydrogen-bond acceptors (Lipinski definition) is 9. The summed E-state index contributed by atoms with van der Waals surface area (Å²) in [6.45, 7) is 6.13. The van der Waals surface area contributed by atoms with Crippen molar-refractivity contribution >= 4 is 43.3 Å². The van der Waals surface area contributed by atoms with Gasteiger partial charge in [-0.15, -0.1) is 0 Å². The van der Waals surface area contributed by atoms with Crippen LogP contribution in [-0.4, -0.2) is 102 Å². The number of nitrogens with zero attached hydrogens (tertiary/aromatic N) is 2. The van der Waals surface area contributed by atoms with Gasteiger partial charge in [0.2, 0.25) is 5.69 Å². The van der Waals surface area contributed by atoms with Crippen molar-refractivity contribution in [2.24, 2.45) is 0 Å². The summed E-state index contributed by atoms with van der Waals surface area (Å²) in [5.41, 5.74) is 3.26. The van der Waals surface area contributed by atoms with E-state index in [1.54, 1.807) is 33.5 Å². The number of carboxylic acid groups (broad SMARTS) is 1. The summed E-state index contributed by atoms with van der Waals surface area (Å²) in [4.78, 5) is 12.8. The lowest BCUT2D eigenvalue weighted by Gasteiger charge is -2.30. The number of aliphatic carboxylic acids is 1. The second-order valence-corrected chi connectivity index (χ2v) is 16.1. The number of methoxy groups -OCH3 is 3. The number of anilines is 1. The van der Waals surface area contributed by atoms with Crippen LogP contribution in [0, 0.1) is 0 Å². The van der Waals surface area contributed by atoms with Gasteiger partial charge in [-0.05, 0) is 81.5 Å². The first-order valence-electron chi connectivity index (χ1n) is 16.8. The van der Waals surface area contributed by atoms with Crippen LogP contribution in [0.4, 0.5) is 11.4 Å². The Labute approximate surface area is 300 Å². The molecule has 2 unspecified atom stereocenters. The molecule has 0 aromatic heterocycles. The van der Waals surface area contributed by atoms with Crippen LogP contribution in [-0.2, 0) is 50.1 Å². The van der Waals surface area contributed by atoms with Crippen molar-refractivity contribution in [1.29, 1.82) is 0 Å². The zero-order chi connectivity index (χ0) is 37.6. The third kappa shape index (κ3) is 8.79. The van der Waals surface area contributed by atoms with Crippen LogP contribution in [0.2, 0.25) is 0 Å². The van der Waals surface area contributed by atoms with E-state index in [2.05, 4.69) is 9.48 Å². The highest BCUT2D eigenvalue weighted by Gasteiger charge is 2.48. The predicted molar refractivity (Wildman–Crippen MR) is 193 cm³/mol. The fraction of sp³-hybridized carbons (Fsp3) is 0.500. The Bertz CT molecular complexity index is 1920. The van der Waals surface area contributed by atoms with Crippen molar-refractivity contribution in [3.8, 4) is 0 Å². The van der Waals surface area contributed by atoms with Gasteiger partial charge in [0.05, 0.1) is 21.8 Å². The van der Waals surface area contributed by atoms with Crippen LogP contribution in [0.1, 0.15) is 63.5 Å². The molecule has 0 bridgehead atoms.